The SMILES string of the molecule is CCCC(CC(=O)OCC)CN(CC(CCC)CC(=O)OCC)C(CC)C(N)=O. The summed E-state index contributed by atoms with van der Waals surface area (Å²) in [5.41, 5.74) is 5.68. The second-order valence-electron chi connectivity index (χ2n) is 7.61. The van der Waals surface area contributed by atoms with Gasteiger partial charge in [0.2, 0.25) is 5.91 Å². The van der Waals surface area contributed by atoms with Crippen molar-refractivity contribution < 1.29 is 23.9 Å². The number of hydrogen-bond donors (Lipinski definition) is 1. The fourth-order valence-electron chi connectivity index (χ4n) is 3.88. The molecule has 0 radical (unpaired) electrons. The minimum atomic E-state index is -0.418. The molecule has 0 rings (SSSR count). The maximum Gasteiger partial charge on any atom is 0.306 e. The fourth-order valence-corrected chi connectivity index (χ4v) is 3.88. The van der Waals surface area contributed by atoms with Gasteiger partial charge >= 0.3 is 11.9 Å². The van der Waals surface area contributed by atoms with Crippen LogP contribution in [0.4, 0.5) is 0 Å². The van der Waals surface area contributed by atoms with Crippen LogP contribution >= 0.6 is 0 Å². The normalized spacial score (nSPS) is 14.3. The van der Waals surface area contributed by atoms with E-state index in [9.17, 15) is 14.4 Å². The van der Waals surface area contributed by atoms with Crippen LogP contribution in [0.3, 0.4) is 0 Å². The molecule has 0 saturated heterocycles. The first-order valence-electron chi connectivity index (χ1n) is 11.2. The maximum atomic E-state index is 12.1. The number of nitrogens with two attached hydrogens (primary N) is 1. The summed E-state index contributed by atoms with van der Waals surface area (Å²) in [5.74, 6) is -0.635. The Kier molecular flexibility index (Phi) is 15.3. The van der Waals surface area contributed by atoms with E-state index in [0.717, 1.165) is 25.7 Å². The lowest BCUT2D eigenvalue weighted by atomic mass is 9.94. The van der Waals surface area contributed by atoms with Crippen LogP contribution in [0.1, 0.15) is 79.6 Å². The van der Waals surface area contributed by atoms with Crippen LogP contribution in [-0.4, -0.2) is 55.1 Å². The molecule has 0 aromatic carbocycles. The molecule has 0 aliphatic carbocycles. The van der Waals surface area contributed by atoms with Gasteiger partial charge in [-0.25, -0.2) is 0 Å². The zero-order valence-corrected chi connectivity index (χ0v) is 19.1. The standard InChI is InChI=1S/C22H42N2O5/c1-6-11-17(13-20(25)28-9-4)15-24(19(8-3)22(23)27)16-18(12-7-2)14-21(26)29-10-5/h17-19H,6-16H2,1-5H3,(H2,23,27). The molecule has 0 bridgehead atoms. The van der Waals surface area contributed by atoms with Gasteiger partial charge in [-0.05, 0) is 44.9 Å². The number of carbonyl (C=O) groups excluding carboxylic acids is 3. The average Bonchev–Trinajstić information content (AvgIpc) is 2.62. The van der Waals surface area contributed by atoms with Crippen LogP contribution in [0, 0.1) is 11.8 Å². The first-order valence-corrected chi connectivity index (χ1v) is 11.2. The van der Waals surface area contributed by atoms with Gasteiger partial charge in [-0.15, -0.1) is 0 Å². The summed E-state index contributed by atoms with van der Waals surface area (Å²) >= 11 is 0. The van der Waals surface area contributed by atoms with E-state index >= 15 is 0 Å². The van der Waals surface area contributed by atoms with Crippen molar-refractivity contribution in [3.8, 4) is 0 Å². The third-order valence-corrected chi connectivity index (χ3v) is 5.06. The van der Waals surface area contributed by atoms with Crippen molar-refractivity contribution in [2.24, 2.45) is 17.6 Å². The molecular formula is C22H42N2O5. The molecule has 29 heavy (non-hydrogen) atoms. The topological polar surface area (TPSA) is 98.9 Å². The van der Waals surface area contributed by atoms with Gasteiger partial charge in [-0.3, -0.25) is 19.3 Å². The smallest absolute Gasteiger partial charge is 0.306 e. The Morgan fingerprint density at radius 1 is 0.793 bits per heavy atom. The lowest BCUT2D eigenvalue weighted by molar-refractivity contribution is -0.145. The van der Waals surface area contributed by atoms with Gasteiger partial charge < -0.3 is 15.2 Å². The Labute approximate surface area is 176 Å². The van der Waals surface area contributed by atoms with Gasteiger partial charge in [-0.2, -0.15) is 0 Å². The molecule has 0 aliphatic heterocycles. The predicted octanol–water partition coefficient (Wildman–Crippen LogP) is 3.29. The van der Waals surface area contributed by atoms with Crippen molar-refractivity contribution in [1.82, 2.24) is 4.90 Å². The van der Waals surface area contributed by atoms with E-state index in [1.165, 1.54) is 0 Å². The second kappa shape index (κ2) is 16.2. The highest BCUT2D eigenvalue weighted by Crippen LogP contribution is 2.21. The minimum Gasteiger partial charge on any atom is -0.466 e. The number of primary amides is 1. The third-order valence-electron chi connectivity index (χ3n) is 5.06. The van der Waals surface area contributed by atoms with Crippen LogP contribution in [0.25, 0.3) is 0 Å². The molecule has 0 heterocycles. The van der Waals surface area contributed by atoms with Crippen LogP contribution < -0.4 is 5.73 Å². The molecule has 0 saturated carbocycles. The molecule has 2 N–H and O–H groups in total. The molecule has 7 nitrogen and oxygen atoms in total. The highest BCUT2D eigenvalue weighted by atomic mass is 16.5. The monoisotopic (exact) mass is 414 g/mol. The van der Waals surface area contributed by atoms with E-state index in [1.54, 1.807) is 13.8 Å². The van der Waals surface area contributed by atoms with Gasteiger partial charge in [0, 0.05) is 25.9 Å². The molecule has 0 aromatic heterocycles. The largest absolute Gasteiger partial charge is 0.466 e. The number of esters is 2. The van der Waals surface area contributed by atoms with Crippen LogP contribution in [-0.2, 0) is 23.9 Å². The van der Waals surface area contributed by atoms with Crippen molar-refractivity contribution >= 4 is 17.8 Å². The van der Waals surface area contributed by atoms with E-state index in [-0.39, 0.29) is 29.7 Å². The molecule has 7 heteroatoms. The first kappa shape index (κ1) is 27.4. The average molecular weight is 415 g/mol. The number of rotatable bonds is 17. The van der Waals surface area contributed by atoms with Crippen LogP contribution in [0.15, 0.2) is 0 Å². The lowest BCUT2D eigenvalue weighted by Gasteiger charge is -2.34. The van der Waals surface area contributed by atoms with Gasteiger partial charge in [0.15, 0.2) is 0 Å². The van der Waals surface area contributed by atoms with Crippen molar-refractivity contribution in [3.63, 3.8) is 0 Å². The number of ether oxygens (including phenoxy) is 2. The number of nitrogens with zero attached hydrogens (tertiary/aromatic N) is 1. The fraction of sp³-hybridized carbons (Fsp3) is 0.864. The molecule has 1 amide bonds. The third kappa shape index (κ3) is 11.8. The molecule has 3 unspecified atom stereocenters. The molecule has 0 spiro atoms. The highest BCUT2D eigenvalue weighted by molar-refractivity contribution is 5.79. The number of carbonyl (C=O) groups is 3. The highest BCUT2D eigenvalue weighted by Gasteiger charge is 2.29. The molecular weight excluding hydrogens is 372 g/mol. The Morgan fingerprint density at radius 3 is 1.48 bits per heavy atom. The van der Waals surface area contributed by atoms with E-state index in [2.05, 4.69) is 18.7 Å². The summed E-state index contributed by atoms with van der Waals surface area (Å²) in [6, 6.07) is -0.418. The lowest BCUT2D eigenvalue weighted by Crippen LogP contribution is -2.48. The van der Waals surface area contributed by atoms with Gasteiger partial charge in [-0.1, -0.05) is 33.6 Å². The quantitative estimate of drug-likeness (QED) is 0.367. The molecule has 0 fully saturated rings. The number of amides is 1. The van der Waals surface area contributed by atoms with Crippen LogP contribution in [0.2, 0.25) is 0 Å². The maximum absolute atomic E-state index is 12.1. The zero-order chi connectivity index (χ0) is 22.2. The molecule has 0 aromatic rings. The van der Waals surface area contributed by atoms with Gasteiger partial charge in [0.1, 0.15) is 0 Å². The van der Waals surface area contributed by atoms with E-state index < -0.39 is 6.04 Å². The summed E-state index contributed by atoms with van der Waals surface area (Å²) in [6.07, 6.45) is 4.83. The van der Waals surface area contributed by atoms with E-state index in [0.29, 0.717) is 45.6 Å². The van der Waals surface area contributed by atoms with Gasteiger partial charge in [0.25, 0.3) is 0 Å². The predicted molar refractivity (Wildman–Crippen MR) is 114 cm³/mol. The Morgan fingerprint density at radius 2 is 1.21 bits per heavy atom. The Hall–Kier alpha value is -1.63. The van der Waals surface area contributed by atoms with Crippen molar-refractivity contribution in [2.75, 3.05) is 26.3 Å². The summed E-state index contributed by atoms with van der Waals surface area (Å²) in [5, 5.41) is 0. The zero-order valence-electron chi connectivity index (χ0n) is 19.1. The summed E-state index contributed by atoms with van der Waals surface area (Å²) < 4.78 is 10.2. The second-order valence-corrected chi connectivity index (χ2v) is 7.61. The summed E-state index contributed by atoms with van der Waals surface area (Å²) in [4.78, 5) is 38.2. The van der Waals surface area contributed by atoms with Crippen LogP contribution in [0.5, 0.6) is 0 Å². The molecule has 170 valence electrons. The Bertz CT molecular complexity index is 452. The molecule has 3 atom stereocenters. The summed E-state index contributed by atoms with van der Waals surface area (Å²) in [6.45, 7) is 11.6. The van der Waals surface area contributed by atoms with Gasteiger partial charge in [0.05, 0.1) is 19.3 Å². The van der Waals surface area contributed by atoms with E-state index in [1.807, 2.05) is 6.92 Å². The number of hydrogen-bond acceptors (Lipinski definition) is 6. The minimum absolute atomic E-state index is 0.0809. The molecule has 0 aliphatic rings. The first-order chi connectivity index (χ1) is 13.8. The van der Waals surface area contributed by atoms with Crippen molar-refractivity contribution in [3.05, 3.63) is 0 Å². The van der Waals surface area contributed by atoms with Crippen molar-refractivity contribution in [1.29, 1.82) is 0 Å². The van der Waals surface area contributed by atoms with E-state index in [4.69, 9.17) is 15.2 Å². The van der Waals surface area contributed by atoms with Crippen molar-refractivity contribution in [2.45, 2.75) is 85.6 Å². The summed E-state index contributed by atoms with van der Waals surface area (Å²) in [7, 11) is 0. The Balaban J connectivity index is 5.43.